The van der Waals surface area contributed by atoms with Gasteiger partial charge >= 0.3 is 0 Å². The molecule has 0 aliphatic carbocycles. The maximum absolute atomic E-state index is 9.77. The molecule has 2 atom stereocenters. The van der Waals surface area contributed by atoms with Crippen LogP contribution in [0.4, 0.5) is 0 Å². The SMILES string of the molecule is CCC(O)C(O)Cc1nc(-c2ccccc2)cs1. The molecule has 0 aliphatic rings. The molecule has 2 aromatic rings. The van der Waals surface area contributed by atoms with Gasteiger partial charge in [-0.1, -0.05) is 37.3 Å². The second-order valence-corrected chi connectivity index (χ2v) is 5.18. The van der Waals surface area contributed by atoms with Crippen LogP contribution >= 0.6 is 11.3 Å². The number of aliphatic hydroxyl groups excluding tert-OH is 2. The molecule has 2 unspecified atom stereocenters. The molecule has 0 bridgehead atoms. The highest BCUT2D eigenvalue weighted by Crippen LogP contribution is 2.22. The lowest BCUT2D eigenvalue weighted by Gasteiger charge is -2.14. The van der Waals surface area contributed by atoms with Crippen molar-refractivity contribution in [2.45, 2.75) is 32.0 Å². The Morgan fingerprint density at radius 2 is 1.89 bits per heavy atom. The van der Waals surface area contributed by atoms with Gasteiger partial charge in [0, 0.05) is 17.4 Å². The van der Waals surface area contributed by atoms with Gasteiger partial charge < -0.3 is 10.2 Å². The molecule has 0 amide bonds. The summed E-state index contributed by atoms with van der Waals surface area (Å²) in [6.07, 6.45) is -0.441. The van der Waals surface area contributed by atoms with E-state index in [4.69, 9.17) is 0 Å². The zero-order valence-corrected chi connectivity index (χ0v) is 11.1. The Labute approximate surface area is 111 Å². The molecule has 2 rings (SSSR count). The summed E-state index contributed by atoms with van der Waals surface area (Å²) >= 11 is 1.52. The van der Waals surface area contributed by atoms with Gasteiger partial charge in [0.2, 0.25) is 0 Å². The third-order valence-electron chi connectivity index (χ3n) is 2.87. The Bertz CT molecular complexity index is 484. The number of hydrogen-bond donors (Lipinski definition) is 2. The summed E-state index contributed by atoms with van der Waals surface area (Å²) < 4.78 is 0. The molecule has 1 heterocycles. The molecule has 1 aromatic heterocycles. The van der Waals surface area contributed by atoms with E-state index in [1.54, 1.807) is 0 Å². The number of aliphatic hydroxyl groups is 2. The first-order valence-corrected chi connectivity index (χ1v) is 6.94. The summed E-state index contributed by atoms with van der Waals surface area (Å²) in [7, 11) is 0. The standard InChI is InChI=1S/C14H17NO2S/c1-2-12(16)13(17)8-14-15-11(9-18-14)10-6-4-3-5-7-10/h3-7,9,12-13,16-17H,2,8H2,1H3. The number of rotatable bonds is 5. The van der Waals surface area contributed by atoms with Crippen molar-refractivity contribution >= 4 is 11.3 Å². The average molecular weight is 263 g/mol. The van der Waals surface area contributed by atoms with Crippen LogP contribution in [-0.4, -0.2) is 27.4 Å². The van der Waals surface area contributed by atoms with Crippen LogP contribution in [0.1, 0.15) is 18.4 Å². The van der Waals surface area contributed by atoms with Gasteiger partial charge in [-0.05, 0) is 6.42 Å². The largest absolute Gasteiger partial charge is 0.390 e. The van der Waals surface area contributed by atoms with E-state index in [-0.39, 0.29) is 0 Å². The molecule has 2 N–H and O–H groups in total. The van der Waals surface area contributed by atoms with Gasteiger partial charge in [0.15, 0.2) is 0 Å². The van der Waals surface area contributed by atoms with Crippen molar-refractivity contribution in [2.75, 3.05) is 0 Å². The molecule has 1 aromatic carbocycles. The number of benzene rings is 1. The average Bonchev–Trinajstić information content (AvgIpc) is 2.87. The second kappa shape index (κ2) is 6.09. The third kappa shape index (κ3) is 3.16. The highest BCUT2D eigenvalue weighted by Gasteiger charge is 2.16. The van der Waals surface area contributed by atoms with Gasteiger partial charge in [-0.2, -0.15) is 0 Å². The minimum absolute atomic E-state index is 0.409. The zero-order valence-electron chi connectivity index (χ0n) is 10.3. The quantitative estimate of drug-likeness (QED) is 0.871. The van der Waals surface area contributed by atoms with Gasteiger partial charge in [-0.15, -0.1) is 11.3 Å². The van der Waals surface area contributed by atoms with Crippen molar-refractivity contribution in [3.63, 3.8) is 0 Å². The zero-order chi connectivity index (χ0) is 13.0. The molecule has 96 valence electrons. The normalized spacial score (nSPS) is 14.4. The highest BCUT2D eigenvalue weighted by atomic mass is 32.1. The Kier molecular flexibility index (Phi) is 4.47. The lowest BCUT2D eigenvalue weighted by atomic mass is 10.1. The van der Waals surface area contributed by atoms with Gasteiger partial charge in [0.1, 0.15) is 0 Å². The van der Waals surface area contributed by atoms with Gasteiger partial charge in [0.05, 0.1) is 22.9 Å². The van der Waals surface area contributed by atoms with E-state index < -0.39 is 12.2 Å². The lowest BCUT2D eigenvalue weighted by Crippen LogP contribution is -2.27. The topological polar surface area (TPSA) is 53.4 Å². The number of nitrogens with zero attached hydrogens (tertiary/aromatic N) is 1. The predicted octanol–water partition coefficient (Wildman–Crippen LogP) is 2.48. The first-order chi connectivity index (χ1) is 8.70. The molecule has 0 saturated heterocycles. The van der Waals surface area contributed by atoms with Crippen LogP contribution in [0.3, 0.4) is 0 Å². The predicted molar refractivity (Wildman–Crippen MR) is 73.6 cm³/mol. The van der Waals surface area contributed by atoms with Crippen molar-refractivity contribution in [3.05, 3.63) is 40.7 Å². The number of thiazole rings is 1. The summed E-state index contributed by atoms with van der Waals surface area (Å²) in [5, 5.41) is 22.1. The van der Waals surface area contributed by atoms with E-state index in [1.165, 1.54) is 11.3 Å². The van der Waals surface area contributed by atoms with Crippen molar-refractivity contribution < 1.29 is 10.2 Å². The molecule has 3 nitrogen and oxygen atoms in total. The van der Waals surface area contributed by atoms with Gasteiger partial charge in [0.25, 0.3) is 0 Å². The lowest BCUT2D eigenvalue weighted by molar-refractivity contribution is 0.0181. The maximum atomic E-state index is 9.77. The van der Waals surface area contributed by atoms with Crippen LogP contribution in [0, 0.1) is 0 Å². The monoisotopic (exact) mass is 263 g/mol. The van der Waals surface area contributed by atoms with Crippen LogP contribution in [0.2, 0.25) is 0 Å². The third-order valence-corrected chi connectivity index (χ3v) is 3.74. The highest BCUT2D eigenvalue weighted by molar-refractivity contribution is 7.09. The van der Waals surface area contributed by atoms with E-state index >= 15 is 0 Å². The molecule has 0 spiro atoms. The van der Waals surface area contributed by atoms with Gasteiger partial charge in [-0.25, -0.2) is 4.98 Å². The van der Waals surface area contributed by atoms with E-state index in [2.05, 4.69) is 4.98 Å². The Hall–Kier alpha value is -1.23. The fourth-order valence-electron chi connectivity index (χ4n) is 1.73. The first kappa shape index (κ1) is 13.2. The number of aromatic nitrogens is 1. The second-order valence-electron chi connectivity index (χ2n) is 4.24. The molecule has 0 saturated carbocycles. The Morgan fingerprint density at radius 1 is 1.17 bits per heavy atom. The van der Waals surface area contributed by atoms with Crippen LogP contribution in [0.5, 0.6) is 0 Å². The number of hydrogen-bond acceptors (Lipinski definition) is 4. The minimum atomic E-state index is -0.732. The summed E-state index contributed by atoms with van der Waals surface area (Å²) in [5.41, 5.74) is 2.00. The van der Waals surface area contributed by atoms with Crippen LogP contribution < -0.4 is 0 Å². The maximum Gasteiger partial charge on any atom is 0.0959 e. The smallest absolute Gasteiger partial charge is 0.0959 e. The van der Waals surface area contributed by atoms with Crippen molar-refractivity contribution in [3.8, 4) is 11.3 Å². The van der Waals surface area contributed by atoms with Crippen LogP contribution in [0.15, 0.2) is 35.7 Å². The molecular weight excluding hydrogens is 246 g/mol. The Balaban J connectivity index is 2.07. The van der Waals surface area contributed by atoms with E-state index in [9.17, 15) is 10.2 Å². The van der Waals surface area contributed by atoms with Crippen LogP contribution in [0.25, 0.3) is 11.3 Å². The fraction of sp³-hybridized carbons (Fsp3) is 0.357. The first-order valence-electron chi connectivity index (χ1n) is 6.06. The summed E-state index contributed by atoms with van der Waals surface area (Å²) in [5.74, 6) is 0. The molecular formula is C14H17NO2S. The van der Waals surface area contributed by atoms with E-state index in [0.717, 1.165) is 16.3 Å². The van der Waals surface area contributed by atoms with Gasteiger partial charge in [-0.3, -0.25) is 0 Å². The molecule has 0 aliphatic heterocycles. The van der Waals surface area contributed by atoms with E-state index in [1.807, 2.05) is 42.6 Å². The molecule has 0 fully saturated rings. The summed E-state index contributed by atoms with van der Waals surface area (Å²) in [6.45, 7) is 1.85. The van der Waals surface area contributed by atoms with E-state index in [0.29, 0.717) is 12.8 Å². The van der Waals surface area contributed by atoms with Crippen molar-refractivity contribution in [1.29, 1.82) is 0 Å². The molecule has 4 heteroatoms. The molecule has 18 heavy (non-hydrogen) atoms. The summed E-state index contributed by atoms with van der Waals surface area (Å²) in [6, 6.07) is 9.94. The van der Waals surface area contributed by atoms with Crippen molar-refractivity contribution in [1.82, 2.24) is 4.98 Å². The fourth-order valence-corrected chi connectivity index (χ4v) is 2.59. The van der Waals surface area contributed by atoms with Crippen LogP contribution in [-0.2, 0) is 6.42 Å². The Morgan fingerprint density at radius 3 is 2.56 bits per heavy atom. The summed E-state index contributed by atoms with van der Waals surface area (Å²) in [4.78, 5) is 4.48. The minimum Gasteiger partial charge on any atom is -0.390 e. The van der Waals surface area contributed by atoms with Crippen molar-refractivity contribution in [2.24, 2.45) is 0 Å². The molecule has 0 radical (unpaired) electrons.